The van der Waals surface area contributed by atoms with Crippen LogP contribution in [0.3, 0.4) is 0 Å². The summed E-state index contributed by atoms with van der Waals surface area (Å²) in [5, 5.41) is 0. The maximum absolute atomic E-state index is 12.8. The number of rotatable bonds is 11. The van der Waals surface area contributed by atoms with E-state index in [2.05, 4.69) is 4.72 Å². The zero-order valence-corrected chi connectivity index (χ0v) is 19.5. The summed E-state index contributed by atoms with van der Waals surface area (Å²) >= 11 is 0. The van der Waals surface area contributed by atoms with Crippen molar-refractivity contribution in [2.24, 2.45) is 0 Å². The lowest BCUT2D eigenvalue weighted by molar-refractivity contribution is -0.117. The van der Waals surface area contributed by atoms with Gasteiger partial charge in [-0.15, -0.1) is 0 Å². The number of aryl methyl sites for hydroxylation is 1. The van der Waals surface area contributed by atoms with Crippen molar-refractivity contribution < 1.29 is 27.4 Å². The number of sulfonamides is 1. The zero-order chi connectivity index (χ0) is 23.1. The van der Waals surface area contributed by atoms with Gasteiger partial charge >= 0.3 is 0 Å². The van der Waals surface area contributed by atoms with Crippen LogP contribution in [0.1, 0.15) is 31.7 Å². The summed E-state index contributed by atoms with van der Waals surface area (Å²) in [4.78, 5) is 13.8. The molecule has 0 saturated carbocycles. The third-order valence-electron chi connectivity index (χ3n) is 5.29. The van der Waals surface area contributed by atoms with Gasteiger partial charge < -0.3 is 19.1 Å². The van der Waals surface area contributed by atoms with Crippen LogP contribution in [0.5, 0.6) is 17.2 Å². The maximum atomic E-state index is 12.8. The Morgan fingerprint density at radius 1 is 1.03 bits per heavy atom. The summed E-state index contributed by atoms with van der Waals surface area (Å²) in [6.45, 7) is 3.30. The second kappa shape index (κ2) is 10.7. The number of methoxy groups -OCH3 is 2. The van der Waals surface area contributed by atoms with Gasteiger partial charge in [-0.2, -0.15) is 0 Å². The van der Waals surface area contributed by atoms with Gasteiger partial charge in [0, 0.05) is 19.5 Å². The van der Waals surface area contributed by atoms with Crippen LogP contribution in [-0.2, 0) is 21.2 Å². The lowest BCUT2D eigenvalue weighted by Crippen LogP contribution is -2.27. The van der Waals surface area contributed by atoms with Crippen molar-refractivity contribution >= 4 is 21.6 Å². The molecular formula is C23H30N2O6S. The summed E-state index contributed by atoms with van der Waals surface area (Å²) in [6.07, 6.45) is 2.49. The monoisotopic (exact) mass is 462 g/mol. The summed E-state index contributed by atoms with van der Waals surface area (Å²) in [6, 6.07) is 10.3. The predicted octanol–water partition coefficient (Wildman–Crippen LogP) is 3.14. The van der Waals surface area contributed by atoms with Crippen LogP contribution >= 0.6 is 0 Å². The van der Waals surface area contributed by atoms with Crippen molar-refractivity contribution in [2.75, 3.05) is 38.8 Å². The number of nitrogens with zero attached hydrogens (tertiary/aromatic N) is 1. The fraction of sp³-hybridized carbons (Fsp3) is 0.435. The molecule has 1 saturated heterocycles. The Balaban J connectivity index is 1.64. The molecule has 0 atom stereocenters. The van der Waals surface area contributed by atoms with Crippen molar-refractivity contribution in [3.05, 3.63) is 42.0 Å². The highest BCUT2D eigenvalue weighted by Gasteiger charge is 2.26. The Hall–Kier alpha value is -2.78. The number of hydrogen-bond donors (Lipinski definition) is 1. The minimum absolute atomic E-state index is 0.0309. The number of hydrogen-bond acceptors (Lipinski definition) is 6. The first kappa shape index (κ1) is 23.9. The quantitative estimate of drug-likeness (QED) is 0.516. The number of carbonyl (C=O) groups is 1. The SMILES string of the molecule is CCOc1ccc(CCCNS(=O)(=O)c2ccc(OC)c(N3CCCC3=O)c2)cc1OC. The van der Waals surface area contributed by atoms with Crippen LogP contribution in [0.4, 0.5) is 5.69 Å². The first-order valence-corrected chi connectivity index (χ1v) is 12.2. The largest absolute Gasteiger partial charge is 0.495 e. The molecule has 9 heteroatoms. The van der Waals surface area contributed by atoms with E-state index in [1.165, 1.54) is 19.2 Å². The summed E-state index contributed by atoms with van der Waals surface area (Å²) in [5.74, 6) is 1.79. The van der Waals surface area contributed by atoms with Crippen molar-refractivity contribution in [1.29, 1.82) is 0 Å². The lowest BCUT2D eigenvalue weighted by Gasteiger charge is -2.20. The highest BCUT2D eigenvalue weighted by atomic mass is 32.2. The van der Waals surface area contributed by atoms with E-state index < -0.39 is 10.0 Å². The molecule has 1 amide bonds. The topological polar surface area (TPSA) is 94.2 Å². The molecule has 0 unspecified atom stereocenters. The van der Waals surface area contributed by atoms with Crippen LogP contribution in [0, 0.1) is 0 Å². The second-order valence-electron chi connectivity index (χ2n) is 7.40. The minimum Gasteiger partial charge on any atom is -0.495 e. The molecule has 0 spiro atoms. The molecule has 0 aromatic heterocycles. The van der Waals surface area contributed by atoms with Gasteiger partial charge in [0.25, 0.3) is 0 Å². The number of benzene rings is 2. The molecule has 3 rings (SSSR count). The standard InChI is InChI=1S/C23H30N2O6S/c1-4-31-21-11-9-17(15-22(21)30-3)7-5-13-24-32(27,28)18-10-12-20(29-2)19(16-18)25-14-6-8-23(25)26/h9-12,15-16,24H,4-8,13-14H2,1-3H3. The van der Waals surface area contributed by atoms with Gasteiger partial charge in [0.15, 0.2) is 11.5 Å². The first-order valence-electron chi connectivity index (χ1n) is 10.7. The first-order chi connectivity index (χ1) is 15.4. The Labute approximate surface area is 189 Å². The third-order valence-corrected chi connectivity index (χ3v) is 6.75. The normalized spacial score (nSPS) is 14.0. The van der Waals surface area contributed by atoms with E-state index in [4.69, 9.17) is 14.2 Å². The van der Waals surface area contributed by atoms with Gasteiger partial charge in [0.2, 0.25) is 15.9 Å². The molecule has 1 aliphatic rings. The second-order valence-corrected chi connectivity index (χ2v) is 9.17. The Kier molecular flexibility index (Phi) is 7.98. The fourth-order valence-corrected chi connectivity index (χ4v) is 4.77. The molecule has 0 radical (unpaired) electrons. The highest BCUT2D eigenvalue weighted by molar-refractivity contribution is 7.89. The van der Waals surface area contributed by atoms with Gasteiger partial charge in [-0.05, 0) is 62.1 Å². The Morgan fingerprint density at radius 3 is 2.44 bits per heavy atom. The van der Waals surface area contributed by atoms with Crippen molar-refractivity contribution in [1.82, 2.24) is 4.72 Å². The number of nitrogens with one attached hydrogen (secondary N) is 1. The molecule has 1 aliphatic heterocycles. The van der Waals surface area contributed by atoms with Gasteiger partial charge in [-0.3, -0.25) is 4.79 Å². The van der Waals surface area contributed by atoms with Crippen molar-refractivity contribution in [3.8, 4) is 17.2 Å². The minimum atomic E-state index is -3.72. The van der Waals surface area contributed by atoms with E-state index in [1.54, 1.807) is 18.1 Å². The van der Waals surface area contributed by atoms with Crippen molar-refractivity contribution in [3.63, 3.8) is 0 Å². The molecule has 2 aromatic rings. The smallest absolute Gasteiger partial charge is 0.240 e. The lowest BCUT2D eigenvalue weighted by atomic mass is 10.1. The molecule has 1 heterocycles. The van der Waals surface area contributed by atoms with Crippen LogP contribution < -0.4 is 23.8 Å². The molecule has 32 heavy (non-hydrogen) atoms. The molecule has 2 aromatic carbocycles. The van der Waals surface area contributed by atoms with E-state index in [-0.39, 0.29) is 17.3 Å². The van der Waals surface area contributed by atoms with Gasteiger partial charge in [0.05, 0.1) is 31.4 Å². The zero-order valence-electron chi connectivity index (χ0n) is 18.7. The predicted molar refractivity (Wildman–Crippen MR) is 122 cm³/mol. The summed E-state index contributed by atoms with van der Waals surface area (Å²) < 4.78 is 44.5. The maximum Gasteiger partial charge on any atom is 0.240 e. The van der Waals surface area contributed by atoms with E-state index in [1.807, 2.05) is 25.1 Å². The average molecular weight is 463 g/mol. The van der Waals surface area contributed by atoms with E-state index in [0.717, 1.165) is 12.0 Å². The van der Waals surface area contributed by atoms with Crippen LogP contribution in [0.2, 0.25) is 0 Å². The molecule has 8 nitrogen and oxygen atoms in total. The van der Waals surface area contributed by atoms with E-state index in [9.17, 15) is 13.2 Å². The van der Waals surface area contributed by atoms with E-state index in [0.29, 0.717) is 55.4 Å². The Morgan fingerprint density at radius 2 is 1.78 bits per heavy atom. The molecular weight excluding hydrogens is 432 g/mol. The average Bonchev–Trinajstić information content (AvgIpc) is 3.22. The van der Waals surface area contributed by atoms with Gasteiger partial charge in [-0.25, -0.2) is 13.1 Å². The molecule has 1 N–H and O–H groups in total. The van der Waals surface area contributed by atoms with Crippen LogP contribution in [-0.4, -0.2) is 48.2 Å². The number of carbonyl (C=O) groups excluding carboxylic acids is 1. The summed E-state index contributed by atoms with van der Waals surface area (Å²) in [5.41, 5.74) is 1.52. The third kappa shape index (κ3) is 5.52. The molecule has 0 aliphatic carbocycles. The van der Waals surface area contributed by atoms with Gasteiger partial charge in [-0.1, -0.05) is 6.07 Å². The summed E-state index contributed by atoms with van der Waals surface area (Å²) in [7, 11) is -0.631. The van der Waals surface area contributed by atoms with Crippen LogP contribution in [0.15, 0.2) is 41.3 Å². The van der Waals surface area contributed by atoms with Crippen molar-refractivity contribution in [2.45, 2.75) is 37.5 Å². The number of amides is 1. The van der Waals surface area contributed by atoms with E-state index >= 15 is 0 Å². The Bertz CT molecular complexity index is 1050. The number of anilines is 1. The highest BCUT2D eigenvalue weighted by Crippen LogP contribution is 2.33. The fourth-order valence-electron chi connectivity index (χ4n) is 3.68. The van der Waals surface area contributed by atoms with Crippen LogP contribution in [0.25, 0.3) is 0 Å². The molecule has 174 valence electrons. The van der Waals surface area contributed by atoms with Gasteiger partial charge in [0.1, 0.15) is 5.75 Å². The number of ether oxygens (including phenoxy) is 3. The molecule has 0 bridgehead atoms. The molecule has 1 fully saturated rings.